The summed E-state index contributed by atoms with van der Waals surface area (Å²) in [7, 11) is 0. The number of hydrogen-bond acceptors (Lipinski definition) is 3. The maximum Gasteiger partial charge on any atom is 0.341 e. The molecule has 104 valence electrons. The van der Waals surface area contributed by atoms with Gasteiger partial charge >= 0.3 is 5.97 Å². The molecule has 0 amide bonds. The molecule has 0 atom stereocenters. The largest absolute Gasteiger partial charge is 0.480 e. The predicted molar refractivity (Wildman–Crippen MR) is 74.7 cm³/mol. The molecule has 0 aromatic heterocycles. The highest BCUT2D eigenvalue weighted by Crippen LogP contribution is 2.27. The van der Waals surface area contributed by atoms with Crippen LogP contribution in [0, 0.1) is 0 Å². The lowest BCUT2D eigenvalue weighted by Gasteiger charge is -2.19. The Kier molecular flexibility index (Phi) is 5.07. The highest BCUT2D eigenvalue weighted by Gasteiger charge is 2.14. The second kappa shape index (κ2) is 7.02. The summed E-state index contributed by atoms with van der Waals surface area (Å²) in [5.74, 6) is -0.335. The second-order valence-electron chi connectivity index (χ2n) is 5.01. The maximum absolute atomic E-state index is 10.6. The third-order valence-corrected chi connectivity index (χ3v) is 3.45. The van der Waals surface area contributed by atoms with E-state index in [-0.39, 0.29) is 6.61 Å². The maximum atomic E-state index is 10.6. The van der Waals surface area contributed by atoms with Crippen LogP contribution in [-0.4, -0.2) is 23.7 Å². The van der Waals surface area contributed by atoms with Gasteiger partial charge in [-0.25, -0.2) is 4.79 Å². The van der Waals surface area contributed by atoms with E-state index in [9.17, 15) is 4.79 Å². The molecule has 1 saturated carbocycles. The summed E-state index contributed by atoms with van der Waals surface area (Å²) in [6, 6.07) is 8.02. The van der Waals surface area contributed by atoms with Gasteiger partial charge in [0, 0.05) is 6.04 Å². The minimum absolute atomic E-state index is 0.302. The molecule has 1 aliphatic carbocycles. The summed E-state index contributed by atoms with van der Waals surface area (Å²) < 4.78 is 5.31. The summed E-state index contributed by atoms with van der Waals surface area (Å²) in [5.41, 5.74) is 0.899. The third kappa shape index (κ3) is 4.47. The molecule has 1 aromatic carbocycles. The number of para-hydroxylation sites is 2. The fourth-order valence-electron chi connectivity index (χ4n) is 2.49. The van der Waals surface area contributed by atoms with Crippen molar-refractivity contribution in [2.24, 2.45) is 0 Å². The van der Waals surface area contributed by atoms with Crippen LogP contribution in [0.25, 0.3) is 0 Å². The van der Waals surface area contributed by atoms with Gasteiger partial charge < -0.3 is 15.2 Å². The van der Waals surface area contributed by atoms with Crippen molar-refractivity contribution in [3.05, 3.63) is 24.3 Å². The van der Waals surface area contributed by atoms with Gasteiger partial charge in [-0.2, -0.15) is 0 Å². The first-order chi connectivity index (χ1) is 9.25. The Balaban J connectivity index is 1.99. The minimum atomic E-state index is -0.954. The zero-order valence-electron chi connectivity index (χ0n) is 11.1. The normalized spacial score (nSPS) is 16.6. The van der Waals surface area contributed by atoms with Gasteiger partial charge in [0.05, 0.1) is 5.69 Å². The number of carboxylic acid groups (broad SMARTS) is 1. The number of carbonyl (C=O) groups is 1. The van der Waals surface area contributed by atoms with Crippen molar-refractivity contribution in [2.45, 2.75) is 44.6 Å². The number of rotatable bonds is 5. The van der Waals surface area contributed by atoms with Crippen molar-refractivity contribution in [2.75, 3.05) is 11.9 Å². The number of ether oxygens (including phenoxy) is 1. The first-order valence-electron chi connectivity index (χ1n) is 6.96. The van der Waals surface area contributed by atoms with Gasteiger partial charge in [-0.1, -0.05) is 37.8 Å². The van der Waals surface area contributed by atoms with Crippen LogP contribution in [0.15, 0.2) is 24.3 Å². The number of benzene rings is 1. The molecule has 0 heterocycles. The zero-order valence-corrected chi connectivity index (χ0v) is 11.1. The molecule has 0 radical (unpaired) electrons. The molecule has 2 N–H and O–H groups in total. The molecule has 1 aromatic rings. The van der Waals surface area contributed by atoms with Crippen molar-refractivity contribution in [1.82, 2.24) is 0 Å². The number of aliphatic carboxylic acids is 1. The number of anilines is 1. The first kappa shape index (κ1) is 13.7. The molecule has 0 saturated heterocycles. The Hall–Kier alpha value is -1.71. The average molecular weight is 263 g/mol. The van der Waals surface area contributed by atoms with E-state index in [1.54, 1.807) is 0 Å². The van der Waals surface area contributed by atoms with Gasteiger partial charge in [0.1, 0.15) is 5.75 Å². The molecule has 1 aliphatic rings. The van der Waals surface area contributed by atoms with Gasteiger partial charge in [0.2, 0.25) is 0 Å². The molecular formula is C15H21NO3. The highest BCUT2D eigenvalue weighted by molar-refractivity contribution is 5.69. The Morgan fingerprint density at radius 2 is 1.89 bits per heavy atom. The lowest BCUT2D eigenvalue weighted by molar-refractivity contribution is -0.139. The van der Waals surface area contributed by atoms with E-state index in [4.69, 9.17) is 9.84 Å². The summed E-state index contributed by atoms with van der Waals surface area (Å²) in [6.45, 7) is -0.302. The summed E-state index contributed by atoms with van der Waals surface area (Å²) in [5, 5.41) is 12.2. The van der Waals surface area contributed by atoms with E-state index in [2.05, 4.69) is 5.32 Å². The van der Waals surface area contributed by atoms with E-state index < -0.39 is 5.97 Å². The van der Waals surface area contributed by atoms with Crippen molar-refractivity contribution >= 4 is 11.7 Å². The zero-order chi connectivity index (χ0) is 13.5. The standard InChI is InChI=1S/C15H21NO3/c17-15(18)11-19-14-10-6-5-9-13(14)16-12-7-3-1-2-4-8-12/h5-6,9-10,12,16H,1-4,7-8,11H2,(H,17,18). The van der Waals surface area contributed by atoms with Crippen LogP contribution in [0.2, 0.25) is 0 Å². The Morgan fingerprint density at radius 3 is 2.58 bits per heavy atom. The molecule has 0 aliphatic heterocycles. The van der Waals surface area contributed by atoms with E-state index in [1.165, 1.54) is 38.5 Å². The third-order valence-electron chi connectivity index (χ3n) is 3.45. The van der Waals surface area contributed by atoms with Crippen LogP contribution >= 0.6 is 0 Å². The molecule has 19 heavy (non-hydrogen) atoms. The van der Waals surface area contributed by atoms with Crippen molar-refractivity contribution in [3.63, 3.8) is 0 Å². The minimum Gasteiger partial charge on any atom is -0.480 e. The summed E-state index contributed by atoms with van der Waals surface area (Å²) >= 11 is 0. The number of hydrogen-bond donors (Lipinski definition) is 2. The molecule has 2 rings (SSSR count). The van der Waals surface area contributed by atoms with Crippen LogP contribution in [0.4, 0.5) is 5.69 Å². The topological polar surface area (TPSA) is 58.6 Å². The van der Waals surface area contributed by atoms with Crippen molar-refractivity contribution < 1.29 is 14.6 Å². The fourth-order valence-corrected chi connectivity index (χ4v) is 2.49. The molecule has 0 bridgehead atoms. The Labute approximate surface area is 113 Å². The van der Waals surface area contributed by atoms with E-state index in [0.717, 1.165) is 5.69 Å². The van der Waals surface area contributed by atoms with Gasteiger partial charge in [-0.3, -0.25) is 0 Å². The van der Waals surface area contributed by atoms with E-state index in [1.807, 2.05) is 24.3 Å². The van der Waals surface area contributed by atoms with E-state index >= 15 is 0 Å². The van der Waals surface area contributed by atoms with Gasteiger partial charge in [-0.15, -0.1) is 0 Å². The monoisotopic (exact) mass is 263 g/mol. The fraction of sp³-hybridized carbons (Fsp3) is 0.533. The van der Waals surface area contributed by atoms with Crippen LogP contribution in [0.1, 0.15) is 38.5 Å². The lowest BCUT2D eigenvalue weighted by Crippen LogP contribution is -2.19. The van der Waals surface area contributed by atoms with Crippen LogP contribution in [0.3, 0.4) is 0 Å². The van der Waals surface area contributed by atoms with E-state index in [0.29, 0.717) is 11.8 Å². The Bertz CT molecular complexity index is 412. The van der Waals surface area contributed by atoms with Gasteiger partial charge in [0.15, 0.2) is 6.61 Å². The van der Waals surface area contributed by atoms with Crippen molar-refractivity contribution in [3.8, 4) is 5.75 Å². The molecule has 0 unspecified atom stereocenters. The second-order valence-corrected chi connectivity index (χ2v) is 5.01. The Morgan fingerprint density at radius 1 is 1.21 bits per heavy atom. The molecular weight excluding hydrogens is 242 g/mol. The number of nitrogens with one attached hydrogen (secondary N) is 1. The van der Waals surface area contributed by atoms with Crippen LogP contribution in [-0.2, 0) is 4.79 Å². The summed E-state index contributed by atoms with van der Waals surface area (Å²) in [4.78, 5) is 10.6. The quantitative estimate of drug-likeness (QED) is 0.800. The SMILES string of the molecule is O=C(O)COc1ccccc1NC1CCCCCC1. The smallest absolute Gasteiger partial charge is 0.341 e. The van der Waals surface area contributed by atoms with Crippen LogP contribution in [0.5, 0.6) is 5.75 Å². The predicted octanol–water partition coefficient (Wildman–Crippen LogP) is 3.28. The molecule has 4 nitrogen and oxygen atoms in total. The van der Waals surface area contributed by atoms with Gasteiger partial charge in [-0.05, 0) is 25.0 Å². The molecule has 4 heteroatoms. The molecule has 1 fully saturated rings. The summed E-state index contributed by atoms with van der Waals surface area (Å²) in [6.07, 6.45) is 7.50. The lowest BCUT2D eigenvalue weighted by atomic mass is 10.1. The van der Waals surface area contributed by atoms with Gasteiger partial charge in [0.25, 0.3) is 0 Å². The highest BCUT2D eigenvalue weighted by atomic mass is 16.5. The van der Waals surface area contributed by atoms with Crippen molar-refractivity contribution in [1.29, 1.82) is 0 Å². The van der Waals surface area contributed by atoms with Crippen LogP contribution < -0.4 is 10.1 Å². The number of carboxylic acids is 1. The molecule has 0 spiro atoms. The average Bonchev–Trinajstić information content (AvgIpc) is 2.66. The first-order valence-corrected chi connectivity index (χ1v) is 6.96.